The molecule has 0 aromatic heterocycles. The SMILES string of the molecule is C#CCOCCOCCOCCOCCOCCOCCOCCOCCOCCOCCOCCOCCCNC(=O)CCC(=O)O. The van der Waals surface area contributed by atoms with E-state index < -0.39 is 5.97 Å². The number of carbonyl (C=O) groups is 2. The molecule has 0 aliphatic rings. The van der Waals surface area contributed by atoms with Gasteiger partial charge in [-0.05, 0) is 6.42 Å². The highest BCUT2D eigenvalue weighted by Gasteiger charge is 2.04. The predicted molar refractivity (Wildman–Crippen MR) is 173 cm³/mol. The third-order valence-electron chi connectivity index (χ3n) is 5.63. The summed E-state index contributed by atoms with van der Waals surface area (Å²) >= 11 is 0. The van der Waals surface area contributed by atoms with Gasteiger partial charge in [0.25, 0.3) is 0 Å². The number of rotatable bonds is 41. The van der Waals surface area contributed by atoms with Crippen molar-refractivity contribution in [3.05, 3.63) is 0 Å². The molecule has 0 unspecified atom stereocenters. The summed E-state index contributed by atoms with van der Waals surface area (Å²) in [5.41, 5.74) is 0. The average Bonchev–Trinajstić information content (AvgIpc) is 3.08. The first-order chi connectivity index (χ1) is 23.7. The van der Waals surface area contributed by atoms with E-state index >= 15 is 0 Å². The van der Waals surface area contributed by atoms with Gasteiger partial charge >= 0.3 is 5.97 Å². The molecule has 0 saturated carbocycles. The van der Waals surface area contributed by atoms with Gasteiger partial charge in [-0.2, -0.15) is 0 Å². The van der Waals surface area contributed by atoms with Gasteiger partial charge in [0.1, 0.15) is 6.61 Å². The van der Waals surface area contributed by atoms with Crippen LogP contribution in [0.3, 0.4) is 0 Å². The third-order valence-corrected chi connectivity index (χ3v) is 5.63. The Kier molecular flexibility index (Phi) is 39.5. The Hall–Kier alpha value is -1.98. The molecule has 0 saturated heterocycles. The number of carboxylic acid groups (broad SMARTS) is 1. The molecule has 0 bridgehead atoms. The Morgan fingerprint density at radius 2 is 0.708 bits per heavy atom. The first-order valence-electron chi connectivity index (χ1n) is 16.5. The van der Waals surface area contributed by atoms with Crippen LogP contribution in [-0.4, -0.2) is 182 Å². The molecule has 16 heteroatoms. The first-order valence-corrected chi connectivity index (χ1v) is 16.5. The van der Waals surface area contributed by atoms with Crippen molar-refractivity contribution >= 4 is 11.9 Å². The van der Waals surface area contributed by atoms with Crippen LogP contribution in [0.5, 0.6) is 0 Å². The van der Waals surface area contributed by atoms with E-state index in [1.807, 2.05) is 0 Å². The number of hydrogen-bond acceptors (Lipinski definition) is 14. The lowest BCUT2D eigenvalue weighted by atomic mass is 10.3. The van der Waals surface area contributed by atoms with E-state index in [1.54, 1.807) is 0 Å². The van der Waals surface area contributed by atoms with Gasteiger partial charge in [0.05, 0.1) is 152 Å². The van der Waals surface area contributed by atoms with Crippen molar-refractivity contribution in [2.24, 2.45) is 0 Å². The molecule has 48 heavy (non-hydrogen) atoms. The van der Waals surface area contributed by atoms with Gasteiger partial charge in [0.2, 0.25) is 5.91 Å². The minimum atomic E-state index is -0.984. The van der Waals surface area contributed by atoms with E-state index in [9.17, 15) is 9.59 Å². The molecule has 2 N–H and O–H groups in total. The lowest BCUT2D eigenvalue weighted by Crippen LogP contribution is -2.25. The molecule has 16 nitrogen and oxygen atoms in total. The number of amides is 1. The standard InChI is InChI=1S/C32H59NO15/c1-2-7-37-9-11-39-13-15-41-17-19-43-21-23-45-25-27-47-29-30-48-28-26-46-24-22-44-20-18-42-16-14-40-12-10-38-8-3-6-33-31(34)4-5-32(35)36/h1H,3-30H2,(H,33,34)(H,35,36). The molecule has 0 aliphatic carbocycles. The highest BCUT2D eigenvalue weighted by atomic mass is 16.6. The van der Waals surface area contributed by atoms with Crippen LogP contribution in [0.25, 0.3) is 0 Å². The summed E-state index contributed by atoms with van der Waals surface area (Å²) < 4.78 is 64.8. The Bertz CT molecular complexity index is 726. The zero-order valence-electron chi connectivity index (χ0n) is 28.5. The molecule has 282 valence electrons. The van der Waals surface area contributed by atoms with Crippen LogP contribution >= 0.6 is 0 Å². The summed E-state index contributed by atoms with van der Waals surface area (Å²) in [6.45, 7) is 11.9. The normalized spacial score (nSPS) is 11.1. The zero-order valence-corrected chi connectivity index (χ0v) is 28.5. The summed E-state index contributed by atoms with van der Waals surface area (Å²) in [7, 11) is 0. The number of nitrogens with one attached hydrogen (secondary N) is 1. The van der Waals surface area contributed by atoms with E-state index in [0.29, 0.717) is 172 Å². The molecule has 0 spiro atoms. The first kappa shape index (κ1) is 46.0. The van der Waals surface area contributed by atoms with Crippen LogP contribution in [0.15, 0.2) is 0 Å². The van der Waals surface area contributed by atoms with Crippen molar-refractivity contribution < 1.29 is 71.5 Å². The van der Waals surface area contributed by atoms with Crippen LogP contribution in [0.4, 0.5) is 0 Å². The molecule has 0 aromatic rings. The molecule has 0 rings (SSSR count). The fraction of sp³-hybridized carbons (Fsp3) is 0.875. The molecular formula is C32H59NO15. The van der Waals surface area contributed by atoms with Crippen LogP contribution < -0.4 is 5.32 Å². The van der Waals surface area contributed by atoms with E-state index in [2.05, 4.69) is 11.2 Å². The molecule has 0 aliphatic heterocycles. The highest BCUT2D eigenvalue weighted by Crippen LogP contribution is 1.90. The third kappa shape index (κ3) is 42.0. The fourth-order valence-corrected chi connectivity index (χ4v) is 3.26. The summed E-state index contributed by atoms with van der Waals surface area (Å²) in [5.74, 6) is 1.14. The van der Waals surface area contributed by atoms with Crippen molar-refractivity contribution in [3.63, 3.8) is 0 Å². The van der Waals surface area contributed by atoms with Crippen LogP contribution in [0, 0.1) is 12.3 Å². The molecule has 0 fully saturated rings. The second-order valence-corrected chi connectivity index (χ2v) is 9.59. The average molecular weight is 698 g/mol. The van der Waals surface area contributed by atoms with E-state index in [-0.39, 0.29) is 18.7 Å². The topological polar surface area (TPSA) is 177 Å². The van der Waals surface area contributed by atoms with Crippen molar-refractivity contribution in [1.29, 1.82) is 0 Å². The van der Waals surface area contributed by atoms with E-state index in [4.69, 9.17) is 68.4 Å². The van der Waals surface area contributed by atoms with Crippen LogP contribution in [0.2, 0.25) is 0 Å². The van der Waals surface area contributed by atoms with Crippen molar-refractivity contribution in [1.82, 2.24) is 5.32 Å². The number of ether oxygens (including phenoxy) is 12. The maximum absolute atomic E-state index is 11.4. The smallest absolute Gasteiger partial charge is 0.303 e. The lowest BCUT2D eigenvalue weighted by Gasteiger charge is -2.09. The van der Waals surface area contributed by atoms with E-state index in [0.717, 1.165) is 0 Å². The minimum Gasteiger partial charge on any atom is -0.481 e. The summed E-state index contributed by atoms with van der Waals surface area (Å²) in [5, 5.41) is 11.2. The minimum absolute atomic E-state index is 0.0117. The maximum Gasteiger partial charge on any atom is 0.303 e. The molecule has 1 amide bonds. The summed E-state index contributed by atoms with van der Waals surface area (Å²) in [6.07, 6.45) is 5.55. The highest BCUT2D eigenvalue weighted by molar-refractivity contribution is 5.80. The summed E-state index contributed by atoms with van der Waals surface area (Å²) in [4.78, 5) is 21.8. The number of carbonyl (C=O) groups excluding carboxylic acids is 1. The van der Waals surface area contributed by atoms with Crippen molar-refractivity contribution in [2.75, 3.05) is 165 Å². The monoisotopic (exact) mass is 697 g/mol. The Morgan fingerprint density at radius 1 is 0.438 bits per heavy atom. The van der Waals surface area contributed by atoms with Crippen LogP contribution in [0.1, 0.15) is 19.3 Å². The van der Waals surface area contributed by atoms with Gasteiger partial charge in [-0.1, -0.05) is 5.92 Å². The molecule has 0 aromatic carbocycles. The number of aliphatic carboxylic acids is 1. The molecule has 0 heterocycles. The zero-order chi connectivity index (χ0) is 34.9. The Balaban J connectivity index is 3.08. The fourth-order valence-electron chi connectivity index (χ4n) is 3.26. The van der Waals surface area contributed by atoms with Gasteiger partial charge in [-0.25, -0.2) is 0 Å². The Morgan fingerprint density at radius 3 is 0.979 bits per heavy atom. The second-order valence-electron chi connectivity index (χ2n) is 9.59. The predicted octanol–water partition coefficient (Wildman–Crippen LogP) is 0.190. The van der Waals surface area contributed by atoms with Gasteiger partial charge in [0.15, 0.2) is 0 Å². The van der Waals surface area contributed by atoms with Crippen molar-refractivity contribution in [3.8, 4) is 12.3 Å². The largest absolute Gasteiger partial charge is 0.481 e. The lowest BCUT2D eigenvalue weighted by molar-refractivity contribution is -0.138. The van der Waals surface area contributed by atoms with Gasteiger partial charge in [-0.3, -0.25) is 9.59 Å². The number of terminal acetylenes is 1. The molecule has 0 atom stereocenters. The number of hydrogen-bond donors (Lipinski definition) is 2. The van der Waals surface area contributed by atoms with Crippen molar-refractivity contribution in [2.45, 2.75) is 19.3 Å². The molecular weight excluding hydrogens is 638 g/mol. The number of carboxylic acids is 1. The van der Waals surface area contributed by atoms with E-state index in [1.165, 1.54) is 0 Å². The quantitative estimate of drug-likeness (QED) is 0.0653. The Labute approximate surface area is 285 Å². The second kappa shape index (κ2) is 41.2. The summed E-state index contributed by atoms with van der Waals surface area (Å²) in [6, 6.07) is 0. The van der Waals surface area contributed by atoms with Gasteiger partial charge in [0, 0.05) is 19.6 Å². The maximum atomic E-state index is 11.4. The molecule has 0 radical (unpaired) electrons. The van der Waals surface area contributed by atoms with Gasteiger partial charge < -0.3 is 67.3 Å². The van der Waals surface area contributed by atoms with Crippen LogP contribution in [-0.2, 0) is 66.4 Å². The van der Waals surface area contributed by atoms with Gasteiger partial charge in [-0.15, -0.1) is 6.42 Å².